The summed E-state index contributed by atoms with van der Waals surface area (Å²) in [6.45, 7) is 2.89. The summed E-state index contributed by atoms with van der Waals surface area (Å²) in [7, 11) is 0. The summed E-state index contributed by atoms with van der Waals surface area (Å²) in [6.07, 6.45) is 3.76. The van der Waals surface area contributed by atoms with E-state index in [2.05, 4.69) is 46.6 Å². The molecule has 0 unspecified atom stereocenters. The summed E-state index contributed by atoms with van der Waals surface area (Å²) in [5.74, 6) is 1.43. The van der Waals surface area contributed by atoms with Gasteiger partial charge >= 0.3 is 0 Å². The van der Waals surface area contributed by atoms with Crippen LogP contribution in [-0.2, 0) is 6.54 Å². The number of nitrogens with zero attached hydrogens (tertiary/aromatic N) is 2. The summed E-state index contributed by atoms with van der Waals surface area (Å²) in [4.78, 5) is 4.00. The van der Waals surface area contributed by atoms with Gasteiger partial charge in [0, 0.05) is 6.04 Å². The first kappa shape index (κ1) is 11.4. The SMILES string of the molecule is Cc1ccccc1C1CC(NCc2ncon2)C1. The molecule has 4 nitrogen and oxygen atoms in total. The van der Waals surface area contributed by atoms with Crippen molar-refractivity contribution in [2.75, 3.05) is 0 Å². The first-order chi connectivity index (χ1) is 8.83. The second-order valence-electron chi connectivity index (χ2n) is 4.95. The maximum atomic E-state index is 4.70. The summed E-state index contributed by atoms with van der Waals surface area (Å²) in [5, 5.41) is 7.24. The summed E-state index contributed by atoms with van der Waals surface area (Å²) >= 11 is 0. The van der Waals surface area contributed by atoms with Crippen LogP contribution in [0.2, 0.25) is 0 Å². The third-order valence-electron chi connectivity index (χ3n) is 3.72. The van der Waals surface area contributed by atoms with Gasteiger partial charge in [-0.05, 0) is 36.8 Å². The van der Waals surface area contributed by atoms with Crippen LogP contribution in [0.4, 0.5) is 0 Å². The van der Waals surface area contributed by atoms with Crippen molar-refractivity contribution in [2.24, 2.45) is 0 Å². The molecule has 1 aliphatic carbocycles. The molecule has 18 heavy (non-hydrogen) atoms. The van der Waals surface area contributed by atoms with Gasteiger partial charge in [-0.2, -0.15) is 4.98 Å². The van der Waals surface area contributed by atoms with E-state index in [4.69, 9.17) is 4.52 Å². The van der Waals surface area contributed by atoms with E-state index in [-0.39, 0.29) is 0 Å². The third-order valence-corrected chi connectivity index (χ3v) is 3.72. The molecule has 0 aliphatic heterocycles. The molecule has 1 aromatic carbocycles. The molecule has 0 saturated heterocycles. The first-order valence-electron chi connectivity index (χ1n) is 6.37. The standard InChI is InChI=1S/C14H17N3O/c1-10-4-2-3-5-13(10)11-6-12(7-11)15-8-14-16-9-18-17-14/h2-5,9,11-12,15H,6-8H2,1H3. The van der Waals surface area contributed by atoms with Crippen molar-refractivity contribution in [3.8, 4) is 0 Å². The summed E-state index contributed by atoms with van der Waals surface area (Å²) in [5.41, 5.74) is 2.90. The van der Waals surface area contributed by atoms with Gasteiger partial charge in [-0.1, -0.05) is 29.4 Å². The van der Waals surface area contributed by atoms with Crippen LogP contribution < -0.4 is 5.32 Å². The van der Waals surface area contributed by atoms with Crippen LogP contribution in [0, 0.1) is 6.92 Å². The second-order valence-corrected chi connectivity index (χ2v) is 4.95. The molecule has 0 bridgehead atoms. The monoisotopic (exact) mass is 243 g/mol. The lowest BCUT2D eigenvalue weighted by molar-refractivity contribution is 0.285. The summed E-state index contributed by atoms with van der Waals surface area (Å²) in [6, 6.07) is 9.24. The molecule has 2 aromatic rings. The Bertz CT molecular complexity index is 504. The van der Waals surface area contributed by atoms with Crippen molar-refractivity contribution >= 4 is 0 Å². The highest BCUT2D eigenvalue weighted by molar-refractivity contribution is 5.31. The van der Waals surface area contributed by atoms with Gasteiger partial charge in [0.1, 0.15) is 0 Å². The van der Waals surface area contributed by atoms with Crippen molar-refractivity contribution in [3.63, 3.8) is 0 Å². The zero-order valence-corrected chi connectivity index (χ0v) is 10.5. The Kier molecular flexibility index (Phi) is 3.11. The minimum absolute atomic E-state index is 0.577. The molecular formula is C14H17N3O. The topological polar surface area (TPSA) is 51.0 Å². The molecule has 3 rings (SSSR count). The van der Waals surface area contributed by atoms with Gasteiger partial charge in [-0.15, -0.1) is 0 Å². The highest BCUT2D eigenvalue weighted by atomic mass is 16.5. The van der Waals surface area contributed by atoms with Crippen LogP contribution in [0.15, 0.2) is 35.2 Å². The third kappa shape index (κ3) is 2.29. The molecular weight excluding hydrogens is 226 g/mol. The smallest absolute Gasteiger partial charge is 0.213 e. The van der Waals surface area contributed by atoms with Crippen LogP contribution in [-0.4, -0.2) is 16.2 Å². The molecule has 1 aliphatic rings. The van der Waals surface area contributed by atoms with Crippen molar-refractivity contribution in [2.45, 2.75) is 38.3 Å². The van der Waals surface area contributed by atoms with Crippen molar-refractivity contribution in [1.82, 2.24) is 15.5 Å². The molecule has 0 spiro atoms. The molecule has 1 aromatic heterocycles. The number of benzene rings is 1. The first-order valence-corrected chi connectivity index (χ1v) is 6.37. The van der Waals surface area contributed by atoms with Crippen molar-refractivity contribution < 1.29 is 4.52 Å². The molecule has 0 atom stereocenters. The summed E-state index contributed by atoms with van der Waals surface area (Å²) < 4.78 is 4.70. The molecule has 0 amide bonds. The van der Waals surface area contributed by atoms with Crippen LogP contribution in [0.5, 0.6) is 0 Å². The average molecular weight is 243 g/mol. The van der Waals surface area contributed by atoms with E-state index < -0.39 is 0 Å². The normalized spacial score (nSPS) is 22.7. The predicted octanol–water partition coefficient (Wildman–Crippen LogP) is 2.41. The Morgan fingerprint density at radius 2 is 2.17 bits per heavy atom. The quantitative estimate of drug-likeness (QED) is 0.896. The van der Waals surface area contributed by atoms with E-state index in [0.717, 1.165) is 5.82 Å². The molecule has 1 fully saturated rings. The molecule has 1 heterocycles. The van der Waals surface area contributed by atoms with Crippen LogP contribution in [0.1, 0.15) is 35.7 Å². The van der Waals surface area contributed by atoms with Crippen LogP contribution >= 0.6 is 0 Å². The van der Waals surface area contributed by atoms with E-state index >= 15 is 0 Å². The molecule has 0 radical (unpaired) electrons. The fourth-order valence-corrected chi connectivity index (χ4v) is 2.59. The minimum Gasteiger partial charge on any atom is -0.343 e. The highest BCUT2D eigenvalue weighted by Gasteiger charge is 2.30. The minimum atomic E-state index is 0.577. The van der Waals surface area contributed by atoms with E-state index in [9.17, 15) is 0 Å². The second kappa shape index (κ2) is 4.90. The number of hydrogen-bond acceptors (Lipinski definition) is 4. The van der Waals surface area contributed by atoms with Gasteiger partial charge < -0.3 is 9.84 Å². The van der Waals surface area contributed by atoms with E-state index in [1.54, 1.807) is 0 Å². The van der Waals surface area contributed by atoms with E-state index in [1.165, 1.54) is 30.4 Å². The van der Waals surface area contributed by atoms with E-state index in [1.807, 2.05) is 0 Å². The Morgan fingerprint density at radius 1 is 1.33 bits per heavy atom. The maximum absolute atomic E-state index is 4.70. The van der Waals surface area contributed by atoms with Crippen molar-refractivity contribution in [1.29, 1.82) is 0 Å². The zero-order chi connectivity index (χ0) is 12.4. The molecule has 94 valence electrons. The van der Waals surface area contributed by atoms with Crippen molar-refractivity contribution in [3.05, 3.63) is 47.6 Å². The van der Waals surface area contributed by atoms with E-state index in [0.29, 0.717) is 18.5 Å². The zero-order valence-electron chi connectivity index (χ0n) is 10.5. The lowest BCUT2D eigenvalue weighted by atomic mass is 9.74. The average Bonchev–Trinajstić information content (AvgIpc) is 2.82. The van der Waals surface area contributed by atoms with Gasteiger partial charge in [0.25, 0.3) is 0 Å². The Hall–Kier alpha value is -1.68. The maximum Gasteiger partial charge on any atom is 0.213 e. The number of hydrogen-bond donors (Lipinski definition) is 1. The van der Waals surface area contributed by atoms with Gasteiger partial charge in [-0.3, -0.25) is 0 Å². The number of aromatic nitrogens is 2. The van der Waals surface area contributed by atoms with Crippen LogP contribution in [0.25, 0.3) is 0 Å². The van der Waals surface area contributed by atoms with Gasteiger partial charge in [0.15, 0.2) is 5.82 Å². The molecule has 1 saturated carbocycles. The Labute approximate surface area is 106 Å². The Morgan fingerprint density at radius 3 is 2.89 bits per heavy atom. The van der Waals surface area contributed by atoms with Gasteiger partial charge in [0.2, 0.25) is 6.39 Å². The van der Waals surface area contributed by atoms with Gasteiger partial charge in [0.05, 0.1) is 6.54 Å². The fourth-order valence-electron chi connectivity index (χ4n) is 2.59. The fraction of sp³-hybridized carbons (Fsp3) is 0.429. The molecule has 1 N–H and O–H groups in total. The lowest BCUT2D eigenvalue weighted by Crippen LogP contribution is -2.40. The highest BCUT2D eigenvalue weighted by Crippen LogP contribution is 2.38. The number of nitrogens with one attached hydrogen (secondary N) is 1. The lowest BCUT2D eigenvalue weighted by Gasteiger charge is -2.37. The predicted molar refractivity (Wildman–Crippen MR) is 68.1 cm³/mol. The largest absolute Gasteiger partial charge is 0.343 e. The van der Waals surface area contributed by atoms with Crippen LogP contribution in [0.3, 0.4) is 0 Å². The van der Waals surface area contributed by atoms with Gasteiger partial charge in [-0.25, -0.2) is 0 Å². The Balaban J connectivity index is 1.50. The molecule has 4 heteroatoms. The number of rotatable bonds is 4. The number of aryl methyl sites for hydroxylation is 1.